The Balaban J connectivity index is 1.52. The van der Waals surface area contributed by atoms with Gasteiger partial charge in [0.1, 0.15) is 6.04 Å². The molecule has 138 valence electrons. The second kappa shape index (κ2) is 6.66. The van der Waals surface area contributed by atoms with Crippen molar-refractivity contribution in [2.45, 2.75) is 19.0 Å². The summed E-state index contributed by atoms with van der Waals surface area (Å²) in [6, 6.07) is 7.40. The number of aromatic nitrogens is 1. The van der Waals surface area contributed by atoms with Crippen LogP contribution in [0.15, 0.2) is 42.6 Å². The van der Waals surface area contributed by atoms with Gasteiger partial charge in [-0.25, -0.2) is 13.6 Å². The van der Waals surface area contributed by atoms with E-state index in [4.69, 9.17) is 11.6 Å². The van der Waals surface area contributed by atoms with Gasteiger partial charge in [-0.15, -0.1) is 0 Å². The number of fused-ring (bicyclic) bond motifs is 1. The minimum absolute atomic E-state index is 0.123. The number of hydrogen-bond acceptors (Lipinski definition) is 2. The molecule has 0 radical (unpaired) electrons. The summed E-state index contributed by atoms with van der Waals surface area (Å²) in [5, 5.41) is 4.16. The Morgan fingerprint density at radius 2 is 1.89 bits per heavy atom. The molecule has 3 amide bonds. The van der Waals surface area contributed by atoms with Gasteiger partial charge in [0, 0.05) is 28.5 Å². The maximum absolute atomic E-state index is 13.4. The van der Waals surface area contributed by atoms with Crippen LogP contribution in [0.2, 0.25) is 5.02 Å². The van der Waals surface area contributed by atoms with Crippen LogP contribution in [0.4, 0.5) is 13.6 Å². The van der Waals surface area contributed by atoms with E-state index in [-0.39, 0.29) is 6.54 Å². The number of carbonyl (C=O) groups excluding carboxylic acids is 2. The Labute approximate surface area is 157 Å². The molecular weight excluding hydrogens is 376 g/mol. The van der Waals surface area contributed by atoms with Crippen molar-refractivity contribution >= 4 is 34.4 Å². The van der Waals surface area contributed by atoms with Gasteiger partial charge in [-0.05, 0) is 35.4 Å². The highest BCUT2D eigenvalue weighted by Crippen LogP contribution is 2.24. The number of imide groups is 1. The van der Waals surface area contributed by atoms with E-state index >= 15 is 0 Å². The number of H-pyrrole nitrogens is 1. The minimum atomic E-state index is -1.02. The molecule has 1 aromatic heterocycles. The second-order valence-corrected chi connectivity index (χ2v) is 6.82. The normalized spacial score (nSPS) is 17.0. The van der Waals surface area contributed by atoms with Crippen molar-refractivity contribution in [2.75, 3.05) is 0 Å². The Hall–Kier alpha value is -2.93. The average Bonchev–Trinajstić information content (AvgIpc) is 3.14. The van der Waals surface area contributed by atoms with Gasteiger partial charge in [-0.3, -0.25) is 9.69 Å². The van der Waals surface area contributed by atoms with E-state index in [0.717, 1.165) is 33.5 Å². The highest BCUT2D eigenvalue weighted by molar-refractivity contribution is 6.31. The topological polar surface area (TPSA) is 65.2 Å². The molecule has 1 aliphatic heterocycles. The number of benzene rings is 2. The van der Waals surface area contributed by atoms with Crippen LogP contribution in [-0.4, -0.2) is 27.9 Å². The number of rotatable bonds is 4. The van der Waals surface area contributed by atoms with Gasteiger partial charge in [-0.1, -0.05) is 23.7 Å². The number of urea groups is 1. The standard InChI is InChI=1S/C19H14ClF2N3O2/c20-12-2-3-13-11(8-23-16(13)7-12)6-17-18(26)25(19(27)24-17)9-10-1-4-14(21)15(22)5-10/h1-5,7-8,17,23H,6,9H2,(H,24,27). The molecule has 0 spiro atoms. The van der Waals surface area contributed by atoms with E-state index in [1.807, 2.05) is 6.07 Å². The number of hydrogen-bond donors (Lipinski definition) is 2. The third kappa shape index (κ3) is 3.26. The fourth-order valence-electron chi connectivity index (χ4n) is 3.23. The van der Waals surface area contributed by atoms with Crippen LogP contribution in [0.25, 0.3) is 10.9 Å². The van der Waals surface area contributed by atoms with E-state index in [1.165, 1.54) is 6.07 Å². The molecule has 1 fully saturated rings. The van der Waals surface area contributed by atoms with Gasteiger partial charge in [-0.2, -0.15) is 0 Å². The van der Waals surface area contributed by atoms with Crippen molar-refractivity contribution in [2.24, 2.45) is 0 Å². The molecule has 8 heteroatoms. The van der Waals surface area contributed by atoms with E-state index in [0.29, 0.717) is 17.0 Å². The monoisotopic (exact) mass is 389 g/mol. The molecule has 2 N–H and O–H groups in total. The van der Waals surface area contributed by atoms with Crippen LogP contribution in [-0.2, 0) is 17.8 Å². The lowest BCUT2D eigenvalue weighted by Gasteiger charge is -2.13. The number of halogens is 3. The second-order valence-electron chi connectivity index (χ2n) is 6.38. The van der Waals surface area contributed by atoms with Gasteiger partial charge >= 0.3 is 6.03 Å². The van der Waals surface area contributed by atoms with Crippen LogP contribution in [0.1, 0.15) is 11.1 Å². The molecular formula is C19H14ClF2N3O2. The van der Waals surface area contributed by atoms with Crippen molar-refractivity contribution in [1.82, 2.24) is 15.2 Å². The van der Waals surface area contributed by atoms with Crippen molar-refractivity contribution < 1.29 is 18.4 Å². The summed E-state index contributed by atoms with van der Waals surface area (Å²) in [5.74, 6) is -2.41. The van der Waals surface area contributed by atoms with Crippen LogP contribution in [0, 0.1) is 11.6 Å². The Morgan fingerprint density at radius 1 is 1.07 bits per heavy atom. The molecule has 0 saturated carbocycles. The number of amides is 3. The molecule has 0 bridgehead atoms. The molecule has 27 heavy (non-hydrogen) atoms. The molecule has 3 aromatic rings. The first-order valence-electron chi connectivity index (χ1n) is 8.23. The SMILES string of the molecule is O=C1NC(Cc2c[nH]c3cc(Cl)ccc23)C(=O)N1Cc1ccc(F)c(F)c1. The lowest BCUT2D eigenvalue weighted by molar-refractivity contribution is -0.127. The molecule has 0 aliphatic carbocycles. The largest absolute Gasteiger partial charge is 0.361 e. The summed E-state index contributed by atoms with van der Waals surface area (Å²) in [7, 11) is 0. The molecule has 1 unspecified atom stereocenters. The maximum Gasteiger partial charge on any atom is 0.325 e. The summed E-state index contributed by atoms with van der Waals surface area (Å²) >= 11 is 5.97. The molecule has 1 atom stereocenters. The molecule has 1 saturated heterocycles. The number of nitrogens with zero attached hydrogens (tertiary/aromatic N) is 1. The Bertz CT molecular complexity index is 1070. The summed E-state index contributed by atoms with van der Waals surface area (Å²) in [6.45, 7) is -0.123. The summed E-state index contributed by atoms with van der Waals surface area (Å²) < 4.78 is 26.4. The lowest BCUT2D eigenvalue weighted by Crippen LogP contribution is -2.32. The zero-order valence-corrected chi connectivity index (χ0v) is 14.7. The van der Waals surface area contributed by atoms with E-state index < -0.39 is 29.6 Å². The maximum atomic E-state index is 13.4. The van der Waals surface area contributed by atoms with E-state index in [1.54, 1.807) is 18.3 Å². The number of aromatic amines is 1. The van der Waals surface area contributed by atoms with Gasteiger partial charge in [0.15, 0.2) is 11.6 Å². The van der Waals surface area contributed by atoms with Gasteiger partial charge in [0.25, 0.3) is 5.91 Å². The zero-order chi connectivity index (χ0) is 19.1. The molecule has 4 rings (SSSR count). The van der Waals surface area contributed by atoms with Crippen molar-refractivity contribution in [1.29, 1.82) is 0 Å². The predicted molar refractivity (Wildman–Crippen MR) is 96.2 cm³/mol. The number of nitrogens with one attached hydrogen (secondary N) is 2. The highest BCUT2D eigenvalue weighted by atomic mass is 35.5. The average molecular weight is 390 g/mol. The minimum Gasteiger partial charge on any atom is -0.361 e. The first-order valence-corrected chi connectivity index (χ1v) is 8.61. The quantitative estimate of drug-likeness (QED) is 0.667. The molecule has 1 aliphatic rings. The van der Waals surface area contributed by atoms with E-state index in [9.17, 15) is 18.4 Å². The van der Waals surface area contributed by atoms with Crippen LogP contribution < -0.4 is 5.32 Å². The van der Waals surface area contributed by atoms with Crippen molar-refractivity contribution in [3.8, 4) is 0 Å². The number of carbonyl (C=O) groups is 2. The smallest absolute Gasteiger partial charge is 0.325 e. The van der Waals surface area contributed by atoms with Crippen molar-refractivity contribution in [3.63, 3.8) is 0 Å². The third-order valence-electron chi connectivity index (χ3n) is 4.59. The summed E-state index contributed by atoms with van der Waals surface area (Å²) in [6.07, 6.45) is 2.08. The first-order chi connectivity index (χ1) is 12.9. The summed E-state index contributed by atoms with van der Waals surface area (Å²) in [4.78, 5) is 28.9. The summed E-state index contributed by atoms with van der Waals surface area (Å²) in [5.41, 5.74) is 2.04. The van der Waals surface area contributed by atoms with Gasteiger partial charge in [0.05, 0.1) is 6.54 Å². The predicted octanol–water partition coefficient (Wildman–Crippen LogP) is 3.76. The Morgan fingerprint density at radius 3 is 2.67 bits per heavy atom. The fraction of sp³-hybridized carbons (Fsp3) is 0.158. The zero-order valence-electron chi connectivity index (χ0n) is 13.9. The highest BCUT2D eigenvalue weighted by Gasteiger charge is 2.38. The molecule has 2 heterocycles. The van der Waals surface area contributed by atoms with Gasteiger partial charge in [0.2, 0.25) is 0 Å². The lowest BCUT2D eigenvalue weighted by atomic mass is 10.0. The van der Waals surface area contributed by atoms with Crippen molar-refractivity contribution in [3.05, 3.63) is 70.4 Å². The first kappa shape index (κ1) is 17.5. The third-order valence-corrected chi connectivity index (χ3v) is 4.82. The molecule has 5 nitrogen and oxygen atoms in total. The van der Waals surface area contributed by atoms with Crippen LogP contribution in [0.3, 0.4) is 0 Å². The fourth-order valence-corrected chi connectivity index (χ4v) is 3.40. The van der Waals surface area contributed by atoms with E-state index in [2.05, 4.69) is 10.3 Å². The molecule has 2 aromatic carbocycles. The van der Waals surface area contributed by atoms with Crippen LogP contribution in [0.5, 0.6) is 0 Å². The van der Waals surface area contributed by atoms with Gasteiger partial charge < -0.3 is 10.3 Å². The van der Waals surface area contributed by atoms with Crippen LogP contribution >= 0.6 is 11.6 Å². The Kier molecular flexibility index (Phi) is 4.31.